The molecule has 2 nitrogen and oxygen atoms in total. The van der Waals surface area contributed by atoms with Crippen LogP contribution in [0.3, 0.4) is 0 Å². The van der Waals surface area contributed by atoms with E-state index in [2.05, 4.69) is 60.4 Å². The minimum Gasteiger partial charge on any atom is -0.350 e. The Morgan fingerprint density at radius 3 is 1.21 bits per heavy atom. The molecule has 0 aliphatic heterocycles. The van der Waals surface area contributed by atoms with Gasteiger partial charge in [0.1, 0.15) is 8.64 Å². The van der Waals surface area contributed by atoms with E-state index in [-0.39, 0.29) is 0 Å². The van der Waals surface area contributed by atoms with Gasteiger partial charge in [-0.3, -0.25) is 0 Å². The number of thioether (sulfide) groups is 2. The van der Waals surface area contributed by atoms with E-state index in [0.717, 1.165) is 46.3 Å². The van der Waals surface area contributed by atoms with Crippen LogP contribution in [-0.2, 0) is 11.5 Å². The van der Waals surface area contributed by atoms with Crippen molar-refractivity contribution in [2.45, 2.75) is 11.5 Å². The van der Waals surface area contributed by atoms with E-state index in [1.165, 1.54) is 11.1 Å². The monoisotopic (exact) mass is 448 g/mol. The summed E-state index contributed by atoms with van der Waals surface area (Å²) in [7, 11) is 0. The van der Waals surface area contributed by atoms with Crippen LogP contribution < -0.4 is 0 Å². The highest BCUT2D eigenvalue weighted by molar-refractivity contribution is 8.22. The fraction of sp³-hybridized carbons (Fsp3) is 0.273. The van der Waals surface area contributed by atoms with E-state index in [1.807, 2.05) is 24.3 Å². The highest BCUT2D eigenvalue weighted by Gasteiger charge is 2.09. The van der Waals surface area contributed by atoms with Crippen LogP contribution in [0.1, 0.15) is 11.1 Å². The van der Waals surface area contributed by atoms with Gasteiger partial charge in [-0.15, -0.1) is 26.3 Å². The van der Waals surface area contributed by atoms with E-state index >= 15 is 0 Å². The maximum absolute atomic E-state index is 5.53. The average molecular weight is 449 g/mol. The van der Waals surface area contributed by atoms with Gasteiger partial charge in [0.2, 0.25) is 0 Å². The van der Waals surface area contributed by atoms with Crippen molar-refractivity contribution in [1.82, 2.24) is 9.80 Å². The fourth-order valence-electron chi connectivity index (χ4n) is 2.27. The predicted octanol–water partition coefficient (Wildman–Crippen LogP) is 6.07. The van der Waals surface area contributed by atoms with Gasteiger partial charge in [-0.2, -0.15) is 0 Å². The minimum absolute atomic E-state index is 0.739. The van der Waals surface area contributed by atoms with Crippen molar-refractivity contribution in [2.75, 3.05) is 26.2 Å². The molecule has 0 saturated carbocycles. The molecule has 0 unspecified atom stereocenters. The zero-order valence-corrected chi connectivity index (χ0v) is 19.5. The first-order valence-electron chi connectivity index (χ1n) is 8.90. The SMILES string of the molecule is C=CCN(CC=C)C(=S)SCc1ccc(CSC(=S)N(CC=C)CC=C)cc1. The van der Waals surface area contributed by atoms with Crippen LogP contribution in [0.5, 0.6) is 0 Å². The lowest BCUT2D eigenvalue weighted by Gasteiger charge is -2.21. The summed E-state index contributed by atoms with van der Waals surface area (Å²) >= 11 is 14.4. The van der Waals surface area contributed by atoms with Crippen LogP contribution in [0.15, 0.2) is 74.9 Å². The summed E-state index contributed by atoms with van der Waals surface area (Å²) < 4.78 is 1.74. The molecule has 28 heavy (non-hydrogen) atoms. The first kappa shape index (κ1) is 24.7. The number of hydrogen-bond donors (Lipinski definition) is 0. The lowest BCUT2D eigenvalue weighted by Crippen LogP contribution is -2.27. The molecule has 0 heterocycles. The molecule has 0 saturated heterocycles. The molecule has 0 fully saturated rings. The Balaban J connectivity index is 2.52. The first-order valence-corrected chi connectivity index (χ1v) is 11.7. The molecule has 1 aromatic carbocycles. The van der Waals surface area contributed by atoms with E-state index in [9.17, 15) is 0 Å². The van der Waals surface area contributed by atoms with Crippen molar-refractivity contribution in [3.8, 4) is 0 Å². The zero-order chi connectivity index (χ0) is 20.8. The van der Waals surface area contributed by atoms with Crippen LogP contribution in [0.2, 0.25) is 0 Å². The number of benzene rings is 1. The summed E-state index contributed by atoms with van der Waals surface area (Å²) in [6.07, 6.45) is 7.44. The highest BCUT2D eigenvalue weighted by Crippen LogP contribution is 2.20. The van der Waals surface area contributed by atoms with E-state index in [1.54, 1.807) is 23.5 Å². The third-order valence-electron chi connectivity index (χ3n) is 3.66. The van der Waals surface area contributed by atoms with Gasteiger partial charge in [0.15, 0.2) is 0 Å². The highest BCUT2D eigenvalue weighted by atomic mass is 32.2. The molecule has 6 heteroatoms. The number of rotatable bonds is 12. The normalized spacial score (nSPS) is 10.0. The van der Waals surface area contributed by atoms with Gasteiger partial charge in [-0.25, -0.2) is 0 Å². The summed E-state index contributed by atoms with van der Waals surface area (Å²) in [6, 6.07) is 8.63. The smallest absolute Gasteiger partial charge is 0.137 e. The molecule has 0 amide bonds. The molecule has 0 radical (unpaired) electrons. The van der Waals surface area contributed by atoms with Gasteiger partial charge in [-0.1, -0.05) is 96.5 Å². The number of hydrogen-bond acceptors (Lipinski definition) is 4. The van der Waals surface area contributed by atoms with Gasteiger partial charge in [0.05, 0.1) is 0 Å². The summed E-state index contributed by atoms with van der Waals surface area (Å²) in [5, 5.41) is 0. The summed E-state index contributed by atoms with van der Waals surface area (Å²) in [5.41, 5.74) is 2.50. The van der Waals surface area contributed by atoms with Gasteiger partial charge in [-0.05, 0) is 11.1 Å². The maximum Gasteiger partial charge on any atom is 0.137 e. The third-order valence-corrected chi connectivity index (χ3v) is 6.85. The molecule has 0 bridgehead atoms. The van der Waals surface area contributed by atoms with Crippen LogP contribution in [0.25, 0.3) is 0 Å². The molecule has 0 aromatic heterocycles. The summed E-state index contributed by atoms with van der Waals surface area (Å²) in [4.78, 5) is 4.18. The van der Waals surface area contributed by atoms with Gasteiger partial charge < -0.3 is 9.80 Å². The lowest BCUT2D eigenvalue weighted by molar-refractivity contribution is 0.533. The summed E-state index contributed by atoms with van der Waals surface area (Å²) in [5.74, 6) is 1.70. The van der Waals surface area contributed by atoms with Crippen LogP contribution in [0, 0.1) is 0 Å². The molecule has 1 rings (SSSR count). The van der Waals surface area contributed by atoms with Gasteiger partial charge >= 0.3 is 0 Å². The van der Waals surface area contributed by atoms with Crippen LogP contribution >= 0.6 is 48.0 Å². The van der Waals surface area contributed by atoms with Crippen molar-refractivity contribution < 1.29 is 0 Å². The second kappa shape index (κ2) is 14.6. The molecular formula is C22H28N2S4. The van der Waals surface area contributed by atoms with E-state index in [0.29, 0.717) is 0 Å². The van der Waals surface area contributed by atoms with Crippen molar-refractivity contribution in [2.24, 2.45) is 0 Å². The molecule has 0 atom stereocenters. The molecule has 0 aliphatic rings. The second-order valence-electron chi connectivity index (χ2n) is 5.89. The molecule has 0 N–H and O–H groups in total. The maximum atomic E-state index is 5.53. The Morgan fingerprint density at radius 2 is 0.964 bits per heavy atom. The van der Waals surface area contributed by atoms with E-state index in [4.69, 9.17) is 24.4 Å². The standard InChI is InChI=1S/C22H28N2S4/c1-5-13-23(14-6-2)21(25)27-17-19-9-11-20(12-10-19)18-28-22(26)24(15-7-3)16-8-4/h5-12H,1-4,13-18H2. The Hall–Kier alpha value is -1.34. The largest absolute Gasteiger partial charge is 0.350 e. The molecule has 150 valence electrons. The van der Waals surface area contributed by atoms with Crippen LogP contribution in [-0.4, -0.2) is 44.6 Å². The lowest BCUT2D eigenvalue weighted by atomic mass is 10.2. The molecule has 1 aromatic rings. The van der Waals surface area contributed by atoms with Gasteiger partial charge in [0.25, 0.3) is 0 Å². The van der Waals surface area contributed by atoms with Crippen molar-refractivity contribution in [1.29, 1.82) is 0 Å². The number of thiocarbonyl (C=S) groups is 2. The van der Waals surface area contributed by atoms with Crippen LogP contribution in [0.4, 0.5) is 0 Å². The van der Waals surface area contributed by atoms with Crippen molar-refractivity contribution in [3.05, 3.63) is 86.0 Å². The van der Waals surface area contributed by atoms with Crippen molar-refractivity contribution >= 4 is 56.6 Å². The van der Waals surface area contributed by atoms with Gasteiger partial charge in [0, 0.05) is 37.7 Å². The topological polar surface area (TPSA) is 6.48 Å². The fourth-order valence-corrected chi connectivity index (χ4v) is 4.56. The molecular weight excluding hydrogens is 421 g/mol. The minimum atomic E-state index is 0.739. The Morgan fingerprint density at radius 1 is 0.679 bits per heavy atom. The Bertz CT molecular complexity index is 603. The zero-order valence-electron chi connectivity index (χ0n) is 16.2. The first-order chi connectivity index (χ1) is 13.5. The quantitative estimate of drug-likeness (QED) is 0.281. The Labute approximate surface area is 189 Å². The van der Waals surface area contributed by atoms with Crippen molar-refractivity contribution in [3.63, 3.8) is 0 Å². The second-order valence-corrected chi connectivity index (χ2v) is 9.11. The third kappa shape index (κ3) is 9.24. The number of nitrogens with zero attached hydrogens (tertiary/aromatic N) is 2. The Kier molecular flexibility index (Phi) is 12.9. The predicted molar refractivity (Wildman–Crippen MR) is 138 cm³/mol. The summed E-state index contributed by atoms with van der Waals surface area (Å²) in [6.45, 7) is 18.1. The molecule has 0 aliphatic carbocycles. The van der Waals surface area contributed by atoms with E-state index < -0.39 is 0 Å². The molecule has 0 spiro atoms. The average Bonchev–Trinajstić information content (AvgIpc) is 2.70.